The first-order valence-corrected chi connectivity index (χ1v) is 11.5. The van der Waals surface area contributed by atoms with Gasteiger partial charge in [-0.2, -0.15) is 8.42 Å². The van der Waals surface area contributed by atoms with Crippen LogP contribution in [0.1, 0.15) is 18.5 Å². The van der Waals surface area contributed by atoms with Gasteiger partial charge in [-0.3, -0.25) is 28.6 Å². The Morgan fingerprint density at radius 3 is 2.29 bits per heavy atom. The Hall–Kier alpha value is -2.23. The molecule has 2 aliphatic heterocycles. The van der Waals surface area contributed by atoms with Crippen LogP contribution >= 0.6 is 11.6 Å². The van der Waals surface area contributed by atoms with Crippen LogP contribution in [-0.2, 0) is 29.5 Å². The number of nitrogens with one attached hydrogen (secondary N) is 2. The standard InChI is InChI=1S/C18H20ClN5O8S.Na.H/c1-2-22-7-8-23(17(28)16(22)27)18(29)21-13(10-3-5-11(19)6-4-10)14(25)20-12-9-24(15(12)26)33(30,31)32;;/h3-6,12-13H,2,7-9H2,1H3,(H,20,25)(H,21,29)(H,30,31,32);;. The van der Waals surface area contributed by atoms with E-state index in [9.17, 15) is 32.4 Å². The molecule has 1 aromatic rings. The summed E-state index contributed by atoms with van der Waals surface area (Å²) in [5.74, 6) is -3.83. The third-order valence-electron chi connectivity index (χ3n) is 5.16. The number of carbonyl (C=O) groups excluding carboxylic acids is 5. The van der Waals surface area contributed by atoms with E-state index in [2.05, 4.69) is 10.6 Å². The van der Waals surface area contributed by atoms with E-state index >= 15 is 0 Å². The molecule has 2 fully saturated rings. The third-order valence-corrected chi connectivity index (χ3v) is 6.29. The maximum atomic E-state index is 12.9. The molecule has 2 atom stereocenters. The van der Waals surface area contributed by atoms with Crippen molar-refractivity contribution in [2.24, 2.45) is 0 Å². The van der Waals surface area contributed by atoms with Crippen LogP contribution in [-0.4, -0.2) is 119 Å². The molecule has 2 aliphatic rings. The second-order valence-electron chi connectivity index (χ2n) is 7.18. The zero-order valence-electron chi connectivity index (χ0n) is 17.2. The third kappa shape index (κ3) is 5.87. The number of hydrogen-bond acceptors (Lipinski definition) is 7. The summed E-state index contributed by atoms with van der Waals surface area (Å²) in [6.07, 6.45) is 0. The fourth-order valence-corrected chi connectivity index (χ4v) is 4.11. The Morgan fingerprint density at radius 1 is 1.15 bits per heavy atom. The molecule has 3 N–H and O–H groups in total. The first-order chi connectivity index (χ1) is 15.4. The molecule has 0 radical (unpaired) electrons. The van der Waals surface area contributed by atoms with E-state index in [1.807, 2.05) is 0 Å². The van der Waals surface area contributed by atoms with Gasteiger partial charge in [-0.1, -0.05) is 23.7 Å². The molecular formula is C18H21ClN5NaO8S. The van der Waals surface area contributed by atoms with E-state index < -0.39 is 58.6 Å². The minimum absolute atomic E-state index is 0. The van der Waals surface area contributed by atoms with E-state index in [0.29, 0.717) is 16.5 Å². The molecule has 1 aromatic carbocycles. The van der Waals surface area contributed by atoms with Crippen LogP contribution in [0.3, 0.4) is 0 Å². The van der Waals surface area contributed by atoms with Crippen LogP contribution in [0.5, 0.6) is 0 Å². The fraction of sp³-hybridized carbons (Fsp3) is 0.389. The summed E-state index contributed by atoms with van der Waals surface area (Å²) in [5, 5.41) is 5.00. The Kier molecular flexibility index (Phi) is 9.07. The molecule has 0 aliphatic carbocycles. The summed E-state index contributed by atoms with van der Waals surface area (Å²) >= 11 is 5.87. The number of benzene rings is 1. The zero-order chi connectivity index (χ0) is 24.5. The monoisotopic (exact) mass is 525 g/mol. The average Bonchev–Trinajstić information content (AvgIpc) is 2.75. The predicted octanol–water partition coefficient (Wildman–Crippen LogP) is -1.74. The molecule has 2 saturated heterocycles. The van der Waals surface area contributed by atoms with Crippen molar-refractivity contribution >= 4 is 81.1 Å². The van der Waals surface area contributed by atoms with Gasteiger partial charge in [0.05, 0.1) is 6.54 Å². The Bertz CT molecular complexity index is 1120. The first kappa shape index (κ1) is 28.0. The Morgan fingerprint density at radius 2 is 1.76 bits per heavy atom. The number of imide groups is 1. The molecule has 0 bridgehead atoms. The second-order valence-corrected chi connectivity index (χ2v) is 8.96. The number of piperazine rings is 1. The van der Waals surface area contributed by atoms with E-state index in [4.69, 9.17) is 16.2 Å². The number of urea groups is 1. The van der Waals surface area contributed by atoms with Crippen LogP contribution in [0, 0.1) is 0 Å². The zero-order valence-corrected chi connectivity index (χ0v) is 18.8. The van der Waals surface area contributed by atoms with Crippen LogP contribution in [0.15, 0.2) is 24.3 Å². The molecule has 34 heavy (non-hydrogen) atoms. The van der Waals surface area contributed by atoms with Crippen molar-refractivity contribution in [2.75, 3.05) is 26.2 Å². The van der Waals surface area contributed by atoms with Gasteiger partial charge in [0.2, 0.25) is 5.91 Å². The maximum absolute atomic E-state index is 12.9. The van der Waals surface area contributed by atoms with Gasteiger partial charge in [0, 0.05) is 24.7 Å². The minimum atomic E-state index is -4.74. The van der Waals surface area contributed by atoms with Crippen molar-refractivity contribution in [3.8, 4) is 0 Å². The van der Waals surface area contributed by atoms with Crippen molar-refractivity contribution in [3.63, 3.8) is 0 Å². The molecule has 2 heterocycles. The summed E-state index contributed by atoms with van der Waals surface area (Å²) in [6.45, 7) is 1.55. The Balaban J connectivity index is 0.00000408. The fourth-order valence-electron chi connectivity index (χ4n) is 3.29. The van der Waals surface area contributed by atoms with Gasteiger partial charge in [-0.25, -0.2) is 9.10 Å². The van der Waals surface area contributed by atoms with E-state index in [1.54, 1.807) is 6.92 Å². The summed E-state index contributed by atoms with van der Waals surface area (Å²) in [5.41, 5.74) is 0.245. The molecule has 6 amide bonds. The molecule has 2 unspecified atom stereocenters. The number of amides is 6. The summed E-state index contributed by atoms with van der Waals surface area (Å²) in [4.78, 5) is 63.9. The van der Waals surface area contributed by atoms with Crippen LogP contribution in [0.4, 0.5) is 4.79 Å². The molecule has 3 rings (SSSR count). The molecule has 0 saturated carbocycles. The Labute approximate surface area is 221 Å². The number of likely N-dealkylation sites (N-methyl/N-ethyl adjacent to an activating group) is 1. The number of nitrogens with zero attached hydrogens (tertiary/aromatic N) is 3. The molecule has 0 aromatic heterocycles. The molecule has 180 valence electrons. The van der Waals surface area contributed by atoms with E-state index in [1.165, 1.54) is 29.2 Å². The number of hydrogen-bond donors (Lipinski definition) is 3. The van der Waals surface area contributed by atoms with Crippen molar-refractivity contribution in [1.29, 1.82) is 0 Å². The first-order valence-electron chi connectivity index (χ1n) is 9.70. The van der Waals surface area contributed by atoms with E-state index in [0.717, 1.165) is 0 Å². The van der Waals surface area contributed by atoms with E-state index in [-0.39, 0.29) is 52.5 Å². The van der Waals surface area contributed by atoms with Gasteiger partial charge < -0.3 is 15.5 Å². The second kappa shape index (κ2) is 11.0. The molecular weight excluding hydrogens is 505 g/mol. The summed E-state index contributed by atoms with van der Waals surface area (Å²) in [7, 11) is -4.74. The van der Waals surface area contributed by atoms with Gasteiger partial charge in [0.1, 0.15) is 12.1 Å². The predicted molar refractivity (Wildman–Crippen MR) is 119 cm³/mol. The van der Waals surface area contributed by atoms with Gasteiger partial charge in [0.25, 0.3) is 5.91 Å². The number of β-lactam (4-membered cyclic amide) rings is 1. The van der Waals surface area contributed by atoms with Crippen LogP contribution in [0.2, 0.25) is 5.02 Å². The normalized spacial score (nSPS) is 19.2. The molecule has 13 nitrogen and oxygen atoms in total. The van der Waals surface area contributed by atoms with Crippen molar-refractivity contribution in [2.45, 2.75) is 19.0 Å². The van der Waals surface area contributed by atoms with Gasteiger partial charge in [-0.15, -0.1) is 0 Å². The molecule has 0 spiro atoms. The van der Waals surface area contributed by atoms with Gasteiger partial charge >= 0.3 is 57.7 Å². The SMILES string of the molecule is CCN1CCN(C(=O)NC(C(=O)NC2CN(S(=O)(=O)O)C2=O)c2ccc(Cl)cc2)C(=O)C1=O.[NaH]. The van der Waals surface area contributed by atoms with Crippen molar-refractivity contribution in [3.05, 3.63) is 34.9 Å². The van der Waals surface area contributed by atoms with Crippen molar-refractivity contribution in [1.82, 2.24) is 24.7 Å². The van der Waals surface area contributed by atoms with Gasteiger partial charge in [-0.05, 0) is 24.6 Å². The number of carbonyl (C=O) groups is 5. The average molecular weight is 526 g/mol. The summed E-state index contributed by atoms with van der Waals surface area (Å²) < 4.78 is 31.3. The quantitative estimate of drug-likeness (QED) is 0.170. The number of rotatable bonds is 6. The topological polar surface area (TPSA) is 173 Å². The number of halogens is 1. The van der Waals surface area contributed by atoms with Gasteiger partial charge in [0.15, 0.2) is 0 Å². The van der Waals surface area contributed by atoms with Crippen LogP contribution in [0.25, 0.3) is 0 Å². The molecule has 16 heteroatoms. The van der Waals surface area contributed by atoms with Crippen molar-refractivity contribution < 1.29 is 36.9 Å². The summed E-state index contributed by atoms with van der Waals surface area (Å²) in [6, 6.07) is 2.11. The van der Waals surface area contributed by atoms with Crippen LogP contribution < -0.4 is 10.6 Å².